The fraction of sp³-hybridized carbons (Fsp3) is 0.316. The minimum atomic E-state index is -0.745. The molecule has 3 N–H and O–H groups in total. The summed E-state index contributed by atoms with van der Waals surface area (Å²) < 4.78 is 0. The maximum absolute atomic E-state index is 12.7. The third-order valence-corrected chi connectivity index (χ3v) is 4.80. The van der Waals surface area contributed by atoms with Crippen LogP contribution in [0.1, 0.15) is 24.0 Å². The van der Waals surface area contributed by atoms with Crippen LogP contribution in [0, 0.1) is 5.92 Å². The van der Waals surface area contributed by atoms with E-state index in [1.54, 1.807) is 0 Å². The number of rotatable bonds is 4. The Balaban J connectivity index is 2.21. The topological polar surface area (TPSA) is 55.1 Å². The summed E-state index contributed by atoms with van der Waals surface area (Å²) in [4.78, 5) is 12.7. The van der Waals surface area contributed by atoms with Gasteiger partial charge in [0.25, 0.3) is 0 Å². The highest BCUT2D eigenvalue weighted by Gasteiger charge is 2.47. The minimum Gasteiger partial charge on any atom is -0.369 e. The first-order valence-electron chi connectivity index (χ1n) is 7.88. The monoisotopic (exact) mass is 294 g/mol. The second-order valence-corrected chi connectivity index (χ2v) is 5.93. The molecule has 0 spiro atoms. The van der Waals surface area contributed by atoms with Crippen molar-refractivity contribution in [2.45, 2.75) is 18.3 Å². The number of nitrogens with two attached hydrogens (primary N) is 1. The van der Waals surface area contributed by atoms with Crippen molar-refractivity contribution in [1.82, 2.24) is 5.32 Å². The number of nitrogens with one attached hydrogen (secondary N) is 1. The lowest BCUT2D eigenvalue weighted by molar-refractivity contribution is -0.124. The SMILES string of the molecule is NC(=O)C(c1ccccc1)(c1ccccc1)C1CCNCC1. The van der Waals surface area contributed by atoms with E-state index in [1.807, 2.05) is 60.7 Å². The highest BCUT2D eigenvalue weighted by molar-refractivity contribution is 5.91. The molecule has 0 atom stereocenters. The molecule has 3 heteroatoms. The van der Waals surface area contributed by atoms with Gasteiger partial charge in [-0.3, -0.25) is 4.79 Å². The summed E-state index contributed by atoms with van der Waals surface area (Å²) >= 11 is 0. The molecule has 1 fully saturated rings. The Morgan fingerprint density at radius 2 is 1.36 bits per heavy atom. The third kappa shape index (κ3) is 2.42. The lowest BCUT2D eigenvalue weighted by atomic mass is 9.62. The van der Waals surface area contributed by atoms with Crippen LogP contribution in [0.5, 0.6) is 0 Å². The van der Waals surface area contributed by atoms with E-state index < -0.39 is 5.41 Å². The Kier molecular flexibility index (Phi) is 4.25. The highest BCUT2D eigenvalue weighted by Crippen LogP contribution is 2.43. The molecule has 0 unspecified atom stereocenters. The third-order valence-electron chi connectivity index (χ3n) is 4.80. The molecule has 1 saturated heterocycles. The molecule has 22 heavy (non-hydrogen) atoms. The fourth-order valence-corrected chi connectivity index (χ4v) is 3.78. The van der Waals surface area contributed by atoms with Crippen LogP contribution in [-0.4, -0.2) is 19.0 Å². The van der Waals surface area contributed by atoms with Crippen LogP contribution in [0.3, 0.4) is 0 Å². The summed E-state index contributed by atoms with van der Waals surface area (Å²) in [5.41, 5.74) is 7.26. The molecule has 2 aromatic rings. The smallest absolute Gasteiger partial charge is 0.232 e. The van der Waals surface area contributed by atoms with Crippen molar-refractivity contribution in [3.05, 3.63) is 71.8 Å². The van der Waals surface area contributed by atoms with Gasteiger partial charge in [0.1, 0.15) is 5.41 Å². The predicted octanol–water partition coefficient (Wildman–Crippen LogP) is 2.46. The van der Waals surface area contributed by atoms with Crippen LogP contribution >= 0.6 is 0 Å². The molecule has 3 nitrogen and oxygen atoms in total. The van der Waals surface area contributed by atoms with E-state index in [0.29, 0.717) is 0 Å². The van der Waals surface area contributed by atoms with Crippen molar-refractivity contribution in [3.8, 4) is 0 Å². The van der Waals surface area contributed by atoms with Gasteiger partial charge in [-0.2, -0.15) is 0 Å². The van der Waals surface area contributed by atoms with Crippen LogP contribution < -0.4 is 11.1 Å². The van der Waals surface area contributed by atoms with Gasteiger partial charge in [-0.15, -0.1) is 0 Å². The van der Waals surface area contributed by atoms with E-state index in [-0.39, 0.29) is 11.8 Å². The molecule has 0 aliphatic carbocycles. The van der Waals surface area contributed by atoms with Crippen LogP contribution in [-0.2, 0) is 10.2 Å². The van der Waals surface area contributed by atoms with Crippen molar-refractivity contribution in [3.63, 3.8) is 0 Å². The Bertz CT molecular complexity index is 579. The van der Waals surface area contributed by atoms with Crippen molar-refractivity contribution in [1.29, 1.82) is 0 Å². The highest BCUT2D eigenvalue weighted by atomic mass is 16.1. The van der Waals surface area contributed by atoms with Gasteiger partial charge in [0, 0.05) is 0 Å². The molecule has 1 aliphatic heterocycles. The first kappa shape index (κ1) is 14.8. The summed E-state index contributed by atoms with van der Waals surface area (Å²) in [7, 11) is 0. The number of hydrogen-bond acceptors (Lipinski definition) is 2. The molecule has 0 radical (unpaired) electrons. The maximum atomic E-state index is 12.7. The summed E-state index contributed by atoms with van der Waals surface area (Å²) in [6.45, 7) is 1.86. The largest absolute Gasteiger partial charge is 0.369 e. The van der Waals surface area contributed by atoms with Gasteiger partial charge in [0.15, 0.2) is 0 Å². The summed E-state index contributed by atoms with van der Waals surface area (Å²) in [6.07, 6.45) is 1.90. The Hall–Kier alpha value is -2.13. The lowest BCUT2D eigenvalue weighted by Gasteiger charge is -2.41. The maximum Gasteiger partial charge on any atom is 0.232 e. The van der Waals surface area contributed by atoms with Gasteiger partial charge in [0.05, 0.1) is 0 Å². The summed E-state index contributed by atoms with van der Waals surface area (Å²) in [6, 6.07) is 20.0. The first-order chi connectivity index (χ1) is 10.8. The number of benzene rings is 2. The van der Waals surface area contributed by atoms with Gasteiger partial charge in [-0.25, -0.2) is 0 Å². The first-order valence-corrected chi connectivity index (χ1v) is 7.88. The van der Waals surface area contributed by atoms with E-state index in [4.69, 9.17) is 5.73 Å². The second kappa shape index (κ2) is 6.32. The molecule has 2 aromatic carbocycles. The number of hydrogen-bond donors (Lipinski definition) is 2. The van der Waals surface area contributed by atoms with Crippen LogP contribution in [0.25, 0.3) is 0 Å². The number of primary amides is 1. The average molecular weight is 294 g/mol. The molecule has 0 bridgehead atoms. The van der Waals surface area contributed by atoms with E-state index in [1.165, 1.54) is 0 Å². The number of carbonyl (C=O) groups excluding carboxylic acids is 1. The minimum absolute atomic E-state index is 0.219. The molecule has 1 amide bonds. The molecule has 0 saturated carbocycles. The second-order valence-electron chi connectivity index (χ2n) is 5.93. The molecule has 1 aliphatic rings. The zero-order valence-electron chi connectivity index (χ0n) is 12.7. The van der Waals surface area contributed by atoms with Gasteiger partial charge in [0.2, 0.25) is 5.91 Å². The summed E-state index contributed by atoms with van der Waals surface area (Å²) in [5, 5.41) is 3.38. The normalized spacial score (nSPS) is 16.4. The number of amides is 1. The zero-order valence-corrected chi connectivity index (χ0v) is 12.7. The Morgan fingerprint density at radius 1 is 0.909 bits per heavy atom. The number of piperidine rings is 1. The van der Waals surface area contributed by atoms with Gasteiger partial charge >= 0.3 is 0 Å². The van der Waals surface area contributed by atoms with E-state index in [2.05, 4.69) is 5.32 Å². The molecule has 1 heterocycles. The van der Waals surface area contributed by atoms with Gasteiger partial charge < -0.3 is 11.1 Å². The molecule has 114 valence electrons. The quantitative estimate of drug-likeness (QED) is 0.910. The van der Waals surface area contributed by atoms with Crippen molar-refractivity contribution in [2.24, 2.45) is 11.7 Å². The van der Waals surface area contributed by atoms with Crippen molar-refractivity contribution >= 4 is 5.91 Å². The van der Waals surface area contributed by atoms with Crippen molar-refractivity contribution in [2.75, 3.05) is 13.1 Å². The van der Waals surface area contributed by atoms with Crippen LogP contribution in [0.2, 0.25) is 0 Å². The van der Waals surface area contributed by atoms with E-state index >= 15 is 0 Å². The fourth-order valence-electron chi connectivity index (χ4n) is 3.78. The van der Waals surface area contributed by atoms with E-state index in [9.17, 15) is 4.79 Å². The zero-order chi connectivity index (χ0) is 15.4. The summed E-state index contributed by atoms with van der Waals surface area (Å²) in [5.74, 6) is -0.0344. The average Bonchev–Trinajstić information content (AvgIpc) is 2.58. The van der Waals surface area contributed by atoms with Crippen molar-refractivity contribution < 1.29 is 4.79 Å². The van der Waals surface area contributed by atoms with Crippen LogP contribution in [0.15, 0.2) is 60.7 Å². The standard InChI is InChI=1S/C19H22N2O/c20-18(22)19(15-7-3-1-4-8-15,16-9-5-2-6-10-16)17-11-13-21-14-12-17/h1-10,17,21H,11-14H2,(H2,20,22). The van der Waals surface area contributed by atoms with Crippen LogP contribution in [0.4, 0.5) is 0 Å². The molecule has 0 aromatic heterocycles. The molecular weight excluding hydrogens is 272 g/mol. The van der Waals surface area contributed by atoms with E-state index in [0.717, 1.165) is 37.1 Å². The lowest BCUT2D eigenvalue weighted by Crippen LogP contribution is -2.51. The number of carbonyl (C=O) groups is 1. The molecular formula is C19H22N2O. The van der Waals surface area contributed by atoms with Gasteiger partial charge in [-0.05, 0) is 43.0 Å². The Labute approximate surface area is 131 Å². The predicted molar refractivity (Wildman–Crippen MR) is 88.5 cm³/mol. The Morgan fingerprint density at radius 3 is 1.77 bits per heavy atom. The van der Waals surface area contributed by atoms with Gasteiger partial charge in [-0.1, -0.05) is 60.7 Å². The molecule has 3 rings (SSSR count).